The fourth-order valence-corrected chi connectivity index (χ4v) is 1.75. The van der Waals surface area contributed by atoms with Gasteiger partial charge in [0.15, 0.2) is 11.6 Å². The summed E-state index contributed by atoms with van der Waals surface area (Å²) in [5.41, 5.74) is 1.84. The Balaban J connectivity index is 2.57. The second-order valence-electron chi connectivity index (χ2n) is 3.66. The van der Waals surface area contributed by atoms with Crippen molar-refractivity contribution in [2.45, 2.75) is 5.88 Å². The molecule has 2 aromatic rings. The van der Waals surface area contributed by atoms with Crippen molar-refractivity contribution in [3.63, 3.8) is 0 Å². The molecule has 0 saturated carbocycles. The van der Waals surface area contributed by atoms with Crippen molar-refractivity contribution in [2.24, 2.45) is 0 Å². The smallest absolute Gasteiger partial charge is 0.221 e. The van der Waals surface area contributed by atoms with Crippen LogP contribution in [0, 0.1) is 11.6 Å². The van der Waals surface area contributed by atoms with Crippen LogP contribution in [0.25, 0.3) is 11.1 Å². The highest BCUT2D eigenvalue weighted by molar-refractivity contribution is 6.17. The second kappa shape index (κ2) is 5.31. The molecule has 0 saturated heterocycles. The number of hydrogen-bond acceptors (Lipinski definition) is 2. The number of aromatic nitrogens is 1. The van der Waals surface area contributed by atoms with Gasteiger partial charge in [-0.3, -0.25) is 0 Å². The van der Waals surface area contributed by atoms with Gasteiger partial charge in [-0.15, -0.1) is 11.6 Å². The molecule has 2 rings (SSSR count). The molecule has 0 atom stereocenters. The number of hydrogen-bond donors (Lipinski definition) is 0. The first-order valence-corrected chi connectivity index (χ1v) is 5.73. The van der Waals surface area contributed by atoms with E-state index >= 15 is 0 Å². The largest absolute Gasteiger partial charge is 0.481 e. The van der Waals surface area contributed by atoms with Gasteiger partial charge in [0, 0.05) is 17.6 Å². The lowest BCUT2D eigenvalue weighted by Gasteiger charge is -2.09. The molecule has 0 fully saturated rings. The maximum atomic E-state index is 13.2. The van der Waals surface area contributed by atoms with Gasteiger partial charge in [0.2, 0.25) is 5.88 Å². The van der Waals surface area contributed by atoms with Gasteiger partial charge < -0.3 is 4.74 Å². The van der Waals surface area contributed by atoms with E-state index in [1.165, 1.54) is 13.2 Å². The summed E-state index contributed by atoms with van der Waals surface area (Å²) in [5.74, 6) is -1.17. The predicted octanol–water partition coefficient (Wildman–Crippen LogP) is 3.77. The van der Waals surface area contributed by atoms with Gasteiger partial charge in [-0.2, -0.15) is 0 Å². The summed E-state index contributed by atoms with van der Waals surface area (Å²) in [7, 11) is 1.46. The number of rotatable bonds is 3. The third kappa shape index (κ3) is 2.43. The summed E-state index contributed by atoms with van der Waals surface area (Å²) in [5, 5.41) is 0. The normalized spacial score (nSPS) is 10.4. The zero-order valence-electron chi connectivity index (χ0n) is 9.58. The first-order valence-electron chi connectivity index (χ1n) is 5.20. The van der Waals surface area contributed by atoms with E-state index in [0.29, 0.717) is 17.0 Å². The van der Waals surface area contributed by atoms with Crippen LogP contribution in [0.4, 0.5) is 8.78 Å². The van der Waals surface area contributed by atoms with Crippen LogP contribution in [-0.4, -0.2) is 12.1 Å². The fourth-order valence-electron chi connectivity index (χ4n) is 1.60. The van der Waals surface area contributed by atoms with E-state index < -0.39 is 11.6 Å². The van der Waals surface area contributed by atoms with Crippen molar-refractivity contribution < 1.29 is 13.5 Å². The predicted molar refractivity (Wildman–Crippen MR) is 65.7 cm³/mol. The van der Waals surface area contributed by atoms with Crippen LogP contribution in [0.5, 0.6) is 5.88 Å². The molecule has 0 aliphatic heterocycles. The van der Waals surface area contributed by atoms with E-state index in [0.717, 1.165) is 17.7 Å². The van der Waals surface area contributed by atoms with E-state index in [1.807, 2.05) is 0 Å². The summed E-state index contributed by atoms with van der Waals surface area (Å²) < 4.78 is 31.2. The molecule has 0 bridgehead atoms. The first kappa shape index (κ1) is 12.8. The van der Waals surface area contributed by atoms with Crippen LogP contribution in [0.1, 0.15) is 5.56 Å². The van der Waals surface area contributed by atoms with E-state index in [2.05, 4.69) is 4.98 Å². The Morgan fingerprint density at radius 3 is 2.61 bits per heavy atom. The maximum absolute atomic E-state index is 13.2. The summed E-state index contributed by atoms with van der Waals surface area (Å²) in [6, 6.07) is 5.38. The monoisotopic (exact) mass is 269 g/mol. The molecule has 94 valence electrons. The summed E-state index contributed by atoms with van der Waals surface area (Å²) in [6.45, 7) is 0. The minimum Gasteiger partial charge on any atom is -0.481 e. The summed E-state index contributed by atoms with van der Waals surface area (Å²) in [6.07, 6.45) is 1.58. The molecule has 18 heavy (non-hydrogen) atoms. The third-order valence-electron chi connectivity index (χ3n) is 2.49. The van der Waals surface area contributed by atoms with Crippen LogP contribution >= 0.6 is 11.6 Å². The Hall–Kier alpha value is -1.68. The zero-order chi connectivity index (χ0) is 13.1. The standard InChI is InChI=1S/C13H10ClF2NO/c1-18-13-10(4-8(6-14)7-17-13)9-2-3-11(15)12(16)5-9/h2-5,7H,6H2,1H3. The maximum Gasteiger partial charge on any atom is 0.221 e. The average molecular weight is 270 g/mol. The number of nitrogens with zero attached hydrogens (tertiary/aromatic N) is 1. The quantitative estimate of drug-likeness (QED) is 0.791. The van der Waals surface area contributed by atoms with Crippen molar-refractivity contribution in [3.8, 4) is 17.0 Å². The van der Waals surface area contributed by atoms with E-state index in [9.17, 15) is 8.78 Å². The Morgan fingerprint density at radius 1 is 1.22 bits per heavy atom. The third-order valence-corrected chi connectivity index (χ3v) is 2.79. The first-order chi connectivity index (χ1) is 8.65. The number of benzene rings is 1. The van der Waals surface area contributed by atoms with Crippen LogP contribution in [0.3, 0.4) is 0 Å². The van der Waals surface area contributed by atoms with Gasteiger partial charge >= 0.3 is 0 Å². The van der Waals surface area contributed by atoms with E-state index in [1.54, 1.807) is 12.3 Å². The van der Waals surface area contributed by atoms with Gasteiger partial charge in [0.25, 0.3) is 0 Å². The average Bonchev–Trinajstić information content (AvgIpc) is 2.41. The van der Waals surface area contributed by atoms with Gasteiger partial charge in [-0.05, 0) is 29.3 Å². The minimum absolute atomic E-state index is 0.285. The highest BCUT2D eigenvalue weighted by Gasteiger charge is 2.11. The fraction of sp³-hybridized carbons (Fsp3) is 0.154. The number of halogens is 3. The molecule has 2 nitrogen and oxygen atoms in total. The minimum atomic E-state index is -0.911. The molecule has 5 heteroatoms. The Kier molecular flexibility index (Phi) is 3.77. The van der Waals surface area contributed by atoms with Gasteiger partial charge in [-0.1, -0.05) is 6.07 Å². The van der Waals surface area contributed by atoms with Crippen molar-refractivity contribution in [3.05, 3.63) is 47.7 Å². The molecule has 0 amide bonds. The molecular formula is C13H10ClF2NO. The van der Waals surface area contributed by atoms with Crippen LogP contribution in [0.2, 0.25) is 0 Å². The van der Waals surface area contributed by atoms with Gasteiger partial charge in [0.1, 0.15) is 0 Å². The van der Waals surface area contributed by atoms with Crippen LogP contribution in [0.15, 0.2) is 30.5 Å². The summed E-state index contributed by atoms with van der Waals surface area (Å²) >= 11 is 5.72. The SMILES string of the molecule is COc1ncc(CCl)cc1-c1ccc(F)c(F)c1. The van der Waals surface area contributed by atoms with Crippen LogP contribution in [-0.2, 0) is 5.88 Å². The highest BCUT2D eigenvalue weighted by Crippen LogP contribution is 2.30. The molecule has 1 aromatic carbocycles. The molecular weight excluding hydrogens is 260 g/mol. The molecule has 0 N–H and O–H groups in total. The summed E-state index contributed by atoms with van der Waals surface area (Å²) in [4.78, 5) is 4.07. The number of ether oxygens (including phenoxy) is 1. The number of alkyl halides is 1. The molecule has 0 radical (unpaired) electrons. The zero-order valence-corrected chi connectivity index (χ0v) is 10.3. The Labute approximate surface area is 108 Å². The molecule has 0 unspecified atom stereocenters. The van der Waals surface area contributed by atoms with Crippen molar-refractivity contribution in [1.29, 1.82) is 0 Å². The molecule has 0 aliphatic carbocycles. The van der Waals surface area contributed by atoms with Gasteiger partial charge in [0.05, 0.1) is 7.11 Å². The highest BCUT2D eigenvalue weighted by atomic mass is 35.5. The lowest BCUT2D eigenvalue weighted by Crippen LogP contribution is -1.94. The van der Waals surface area contributed by atoms with Crippen molar-refractivity contribution >= 4 is 11.6 Å². The molecule has 0 spiro atoms. The second-order valence-corrected chi connectivity index (χ2v) is 3.93. The van der Waals surface area contributed by atoms with Gasteiger partial charge in [-0.25, -0.2) is 13.8 Å². The van der Waals surface area contributed by atoms with Crippen molar-refractivity contribution in [1.82, 2.24) is 4.98 Å². The lowest BCUT2D eigenvalue weighted by molar-refractivity contribution is 0.399. The molecule has 1 heterocycles. The Bertz CT molecular complexity index is 575. The Morgan fingerprint density at radius 2 is 2.00 bits per heavy atom. The van der Waals surface area contributed by atoms with E-state index in [4.69, 9.17) is 16.3 Å². The van der Waals surface area contributed by atoms with E-state index in [-0.39, 0.29) is 5.88 Å². The van der Waals surface area contributed by atoms with Crippen molar-refractivity contribution in [2.75, 3.05) is 7.11 Å². The van der Waals surface area contributed by atoms with Crippen LogP contribution < -0.4 is 4.74 Å². The lowest BCUT2D eigenvalue weighted by atomic mass is 10.1. The number of pyridine rings is 1. The molecule has 0 aliphatic rings. The topological polar surface area (TPSA) is 22.1 Å². The molecule has 1 aromatic heterocycles. The number of methoxy groups -OCH3 is 1.